The van der Waals surface area contributed by atoms with Gasteiger partial charge in [0, 0.05) is 78.3 Å². The maximum Gasteiger partial charge on any atom is 0.209 e. The summed E-state index contributed by atoms with van der Waals surface area (Å²) in [4.78, 5) is 9.78. The molecule has 6 aromatic carbocycles. The molecule has 0 saturated carbocycles. The number of para-hydroxylation sites is 2. The van der Waals surface area contributed by atoms with Gasteiger partial charge in [0.25, 0.3) is 0 Å². The topological polar surface area (TPSA) is 63.1 Å². The number of rotatable bonds is 18. The van der Waals surface area contributed by atoms with Crippen molar-refractivity contribution in [1.82, 2.24) is 4.58 Å². The molecule has 340 valence electrons. The molecule has 67 heavy (non-hydrogen) atoms. The zero-order valence-electron chi connectivity index (χ0n) is 38.7. The van der Waals surface area contributed by atoms with Crippen molar-refractivity contribution in [2.45, 2.75) is 97.6 Å². The first kappa shape index (κ1) is 45.0. The summed E-state index contributed by atoms with van der Waals surface area (Å²) in [5.41, 5.74) is 13.6. The van der Waals surface area contributed by atoms with Gasteiger partial charge in [-0.15, -0.1) is 0 Å². The van der Waals surface area contributed by atoms with Crippen LogP contribution in [-0.4, -0.2) is 36.5 Å². The molecule has 1 aliphatic carbocycles. The van der Waals surface area contributed by atoms with Crippen LogP contribution < -0.4 is 19.7 Å². The van der Waals surface area contributed by atoms with E-state index in [1.807, 2.05) is 59.9 Å². The predicted octanol–water partition coefficient (Wildman–Crippen LogP) is 15.1. The first-order valence-electron chi connectivity index (χ1n) is 24.4. The summed E-state index contributed by atoms with van der Waals surface area (Å²) in [6, 6.07) is 52.6. The maximum absolute atomic E-state index is 10.3. The van der Waals surface area contributed by atoms with Gasteiger partial charge in [0.05, 0.1) is 29.7 Å². The van der Waals surface area contributed by atoms with Crippen LogP contribution in [0.15, 0.2) is 170 Å². The van der Waals surface area contributed by atoms with E-state index in [9.17, 15) is 10.2 Å². The van der Waals surface area contributed by atoms with Crippen LogP contribution in [0.25, 0.3) is 33.4 Å². The predicted molar refractivity (Wildman–Crippen MR) is 281 cm³/mol. The molecule has 4 aliphatic rings. The normalized spacial score (nSPS) is 13.1. The van der Waals surface area contributed by atoms with E-state index in [4.69, 9.17) is 4.42 Å². The Morgan fingerprint density at radius 3 is 1.84 bits per heavy atom. The van der Waals surface area contributed by atoms with Crippen molar-refractivity contribution < 1.29 is 14.6 Å². The quantitative estimate of drug-likeness (QED) is 0.0505. The van der Waals surface area contributed by atoms with Gasteiger partial charge in [0.1, 0.15) is 18.0 Å². The van der Waals surface area contributed by atoms with Crippen LogP contribution in [0.2, 0.25) is 0 Å². The lowest BCUT2D eigenvalue weighted by Crippen LogP contribution is -2.28. The fourth-order valence-electron chi connectivity index (χ4n) is 9.93. The van der Waals surface area contributed by atoms with E-state index in [1.165, 1.54) is 99.1 Å². The summed E-state index contributed by atoms with van der Waals surface area (Å²) in [6.45, 7) is 5.46. The Kier molecular flexibility index (Phi) is 13.9. The van der Waals surface area contributed by atoms with E-state index < -0.39 is 0 Å². The Morgan fingerprint density at radius 1 is 0.582 bits per heavy atom. The molecule has 8 heteroatoms. The Hall–Kier alpha value is -5.77. The third kappa shape index (κ3) is 9.29. The monoisotopic (exact) mass is 922 g/mol. The van der Waals surface area contributed by atoms with Crippen LogP contribution in [0.5, 0.6) is 0 Å². The van der Waals surface area contributed by atoms with Crippen molar-refractivity contribution in [3.8, 4) is 22.5 Å². The smallest absolute Gasteiger partial charge is 0.209 e. The second kappa shape index (κ2) is 20.6. The van der Waals surface area contributed by atoms with Gasteiger partial charge in [-0.05, 0) is 109 Å². The summed E-state index contributed by atoms with van der Waals surface area (Å²) >= 11 is 3.80. The highest BCUT2D eigenvalue weighted by molar-refractivity contribution is 8.00. The van der Waals surface area contributed by atoms with Crippen molar-refractivity contribution in [2.75, 3.05) is 36.1 Å². The number of hydrogen-bond donors (Lipinski definition) is 2. The molecule has 0 bridgehead atoms. The molecule has 0 spiro atoms. The van der Waals surface area contributed by atoms with Crippen molar-refractivity contribution >= 4 is 68.6 Å². The molecule has 6 nitrogen and oxygen atoms in total. The number of benzene rings is 7. The van der Waals surface area contributed by atoms with E-state index >= 15 is 0 Å². The van der Waals surface area contributed by atoms with Crippen LogP contribution in [0.3, 0.4) is 0 Å². The number of aliphatic hydroxyl groups is 2. The van der Waals surface area contributed by atoms with Gasteiger partial charge in [-0.1, -0.05) is 124 Å². The number of unbranched alkanes of at least 4 members (excludes halogenated alkanes) is 6. The highest BCUT2D eigenvalue weighted by atomic mass is 32.2. The van der Waals surface area contributed by atoms with Crippen LogP contribution in [0.4, 0.5) is 34.1 Å². The van der Waals surface area contributed by atoms with Gasteiger partial charge in [0.15, 0.2) is 6.54 Å². The van der Waals surface area contributed by atoms with Crippen molar-refractivity contribution in [2.24, 2.45) is 0 Å². The van der Waals surface area contributed by atoms with E-state index in [2.05, 4.69) is 137 Å². The van der Waals surface area contributed by atoms with Crippen LogP contribution >= 0.6 is 23.5 Å². The van der Waals surface area contributed by atoms with E-state index in [-0.39, 0.29) is 13.2 Å². The first-order valence-corrected chi connectivity index (χ1v) is 26.0. The second-order valence-corrected chi connectivity index (χ2v) is 20.0. The molecule has 6 aromatic rings. The molecule has 0 amide bonds. The molecule has 0 atom stereocenters. The maximum atomic E-state index is 10.3. The van der Waals surface area contributed by atoms with Gasteiger partial charge >= 0.3 is 0 Å². The number of aliphatic hydroxyl groups excluding tert-OH is 2. The molecule has 0 radical (unpaired) electrons. The third-order valence-electron chi connectivity index (χ3n) is 13.3. The zero-order chi connectivity index (χ0) is 45.7. The minimum atomic E-state index is 0.00773. The highest BCUT2D eigenvalue weighted by Gasteiger charge is 2.34. The van der Waals surface area contributed by atoms with Crippen LogP contribution in [0.1, 0.15) is 76.3 Å². The fourth-order valence-corrected chi connectivity index (χ4v) is 12.4. The summed E-state index contributed by atoms with van der Waals surface area (Å²) in [5, 5.41) is 22.5. The number of nitrogens with zero attached hydrogens (tertiary/aromatic N) is 3. The lowest BCUT2D eigenvalue weighted by Gasteiger charge is -2.39. The second-order valence-electron chi connectivity index (χ2n) is 17.8. The number of anilines is 5. The SMILES string of the molecule is CCCCCCc1ccc2c(c1)Sc1cc(-c3c4ccc(=[N+](CCO)c5ccccc5)cc-4oc4cc(N(CCO)c5ccccc5)ccc34)cc3c1N2c1ccc(CCCCCC)cc1S3. The lowest BCUT2D eigenvalue weighted by atomic mass is 9.93. The Labute approximate surface area is 404 Å². The molecule has 10 rings (SSSR count). The van der Waals surface area contributed by atoms with E-state index in [0.717, 1.165) is 68.7 Å². The van der Waals surface area contributed by atoms with Crippen LogP contribution in [-0.2, 0) is 12.8 Å². The van der Waals surface area contributed by atoms with Gasteiger partial charge in [-0.25, -0.2) is 0 Å². The van der Waals surface area contributed by atoms with E-state index in [0.29, 0.717) is 13.1 Å². The molecule has 0 unspecified atom stereocenters. The van der Waals surface area contributed by atoms with Crippen molar-refractivity contribution in [1.29, 1.82) is 0 Å². The molecule has 0 fully saturated rings. The minimum Gasteiger partial charge on any atom is -0.456 e. The highest BCUT2D eigenvalue weighted by Crippen LogP contribution is 2.61. The summed E-state index contributed by atoms with van der Waals surface area (Å²) in [5.74, 6) is 0.758. The molecule has 3 heterocycles. The largest absolute Gasteiger partial charge is 0.456 e. The van der Waals surface area contributed by atoms with E-state index in [1.54, 1.807) is 0 Å². The zero-order valence-corrected chi connectivity index (χ0v) is 40.3. The Balaban J connectivity index is 1.17. The summed E-state index contributed by atoms with van der Waals surface area (Å²) < 4.78 is 9.17. The molecular formula is C59H60N3O3S2+. The average Bonchev–Trinajstić information content (AvgIpc) is 3.36. The fraction of sp³-hybridized carbons (Fsp3) is 0.271. The lowest BCUT2D eigenvalue weighted by molar-refractivity contribution is 0.291. The Morgan fingerprint density at radius 2 is 1.22 bits per heavy atom. The first-order chi connectivity index (χ1) is 33.0. The summed E-state index contributed by atoms with van der Waals surface area (Å²) in [7, 11) is 0. The molecule has 2 N–H and O–H groups in total. The summed E-state index contributed by atoms with van der Waals surface area (Å²) in [6.07, 6.45) is 12.2. The van der Waals surface area contributed by atoms with Gasteiger partial charge < -0.3 is 24.4 Å². The van der Waals surface area contributed by atoms with Gasteiger partial charge in [-0.3, -0.25) is 0 Å². The average molecular weight is 923 g/mol. The molecular weight excluding hydrogens is 863 g/mol. The molecule has 3 aliphatic heterocycles. The Bertz CT molecular complexity index is 2970. The van der Waals surface area contributed by atoms with Gasteiger partial charge in [-0.2, -0.15) is 4.58 Å². The number of aryl methyl sites for hydroxylation is 2. The van der Waals surface area contributed by atoms with Gasteiger partial charge in [0.2, 0.25) is 11.0 Å². The molecule has 0 aromatic heterocycles. The third-order valence-corrected chi connectivity index (χ3v) is 15.4. The molecule has 0 saturated heterocycles. The van der Waals surface area contributed by atoms with Crippen molar-refractivity contribution in [3.05, 3.63) is 162 Å². The van der Waals surface area contributed by atoms with Crippen molar-refractivity contribution in [3.63, 3.8) is 0 Å². The minimum absolute atomic E-state index is 0.00773. The number of fused-ring (bicyclic) bond motifs is 6. The standard InChI is InChI=1S/C59H60N3O3S2/c1-3-5-7-11-17-41-23-29-50-54(35-41)66-56-37-43(38-57-59(56)62(50)51-30-24-42(36-55(51)67-57)18-12-8-6-4-2)58-48-27-25-46(60(31-33-63)44-19-13-9-14-20-44)39-52(48)65-53-40-47(26-28-49(53)58)61(32-34-64)45-21-15-10-16-22-45/h9-10,13-16,19-30,35-40,63-64H,3-8,11-12,17-18,31-34H2,1-2H3/q+1. The van der Waals surface area contributed by atoms with Crippen LogP contribution in [0, 0.1) is 0 Å². The number of hydrogen-bond acceptors (Lipinski definition) is 7.